The minimum atomic E-state index is -0.259. The first-order chi connectivity index (χ1) is 12.2. The van der Waals surface area contributed by atoms with E-state index in [1.54, 1.807) is 36.0 Å². The fourth-order valence-corrected chi connectivity index (χ4v) is 4.07. The molecule has 3 rings (SSSR count). The SMILES string of the molecule is Cl.NCCNC(=O)c1ccccc1NC(=O)C1SCCc2ccccc21. The summed E-state index contributed by atoms with van der Waals surface area (Å²) in [5.74, 6) is 0.572. The molecule has 26 heavy (non-hydrogen) atoms. The van der Waals surface area contributed by atoms with Crippen molar-refractivity contribution in [1.82, 2.24) is 5.32 Å². The fraction of sp³-hybridized carbons (Fsp3) is 0.263. The highest BCUT2D eigenvalue weighted by molar-refractivity contribution is 8.00. The summed E-state index contributed by atoms with van der Waals surface area (Å²) >= 11 is 1.63. The Bertz CT molecular complexity index is 785. The van der Waals surface area contributed by atoms with Gasteiger partial charge in [-0.05, 0) is 35.4 Å². The van der Waals surface area contributed by atoms with Crippen LogP contribution in [0.3, 0.4) is 0 Å². The predicted molar refractivity (Wildman–Crippen MR) is 109 cm³/mol. The molecule has 1 atom stereocenters. The number of rotatable bonds is 5. The number of anilines is 1. The zero-order chi connectivity index (χ0) is 17.6. The lowest BCUT2D eigenvalue weighted by Crippen LogP contribution is -2.30. The van der Waals surface area contributed by atoms with Gasteiger partial charge in [-0.25, -0.2) is 0 Å². The highest BCUT2D eigenvalue weighted by atomic mass is 35.5. The standard InChI is InChI=1S/C19H21N3O2S.ClH/c20-10-11-21-18(23)15-7-3-4-8-16(15)22-19(24)17-14-6-2-1-5-13(14)9-12-25-17;/h1-8,17H,9-12,20H2,(H,21,23)(H,22,24);1H. The summed E-state index contributed by atoms with van der Waals surface area (Å²) < 4.78 is 0. The minimum Gasteiger partial charge on any atom is -0.351 e. The third-order valence-electron chi connectivity index (χ3n) is 4.09. The van der Waals surface area contributed by atoms with Crippen molar-refractivity contribution in [3.63, 3.8) is 0 Å². The molecule has 0 fully saturated rings. The summed E-state index contributed by atoms with van der Waals surface area (Å²) in [6, 6.07) is 15.1. The molecule has 0 bridgehead atoms. The molecule has 0 radical (unpaired) electrons. The number of carbonyl (C=O) groups excluding carboxylic acids is 2. The van der Waals surface area contributed by atoms with Gasteiger partial charge in [0.1, 0.15) is 5.25 Å². The molecule has 138 valence electrons. The van der Waals surface area contributed by atoms with E-state index in [2.05, 4.69) is 16.7 Å². The molecule has 1 unspecified atom stereocenters. The van der Waals surface area contributed by atoms with Gasteiger partial charge in [-0.15, -0.1) is 24.2 Å². The molecule has 2 aromatic carbocycles. The first-order valence-electron chi connectivity index (χ1n) is 8.28. The topological polar surface area (TPSA) is 84.2 Å². The van der Waals surface area contributed by atoms with Gasteiger partial charge in [-0.1, -0.05) is 36.4 Å². The zero-order valence-electron chi connectivity index (χ0n) is 14.2. The number of hydrogen-bond acceptors (Lipinski definition) is 4. The van der Waals surface area contributed by atoms with Crippen molar-refractivity contribution in [3.8, 4) is 0 Å². The summed E-state index contributed by atoms with van der Waals surface area (Å²) in [6.45, 7) is 0.767. The zero-order valence-corrected chi connectivity index (χ0v) is 15.9. The average Bonchev–Trinajstić information content (AvgIpc) is 2.66. The van der Waals surface area contributed by atoms with Gasteiger partial charge in [0.25, 0.3) is 5.91 Å². The average molecular weight is 392 g/mol. The number of fused-ring (bicyclic) bond motifs is 1. The number of thioether (sulfide) groups is 1. The highest BCUT2D eigenvalue weighted by Crippen LogP contribution is 2.37. The Morgan fingerprint density at radius 2 is 1.85 bits per heavy atom. The fourth-order valence-electron chi connectivity index (χ4n) is 2.88. The number of nitrogens with two attached hydrogens (primary N) is 1. The quantitative estimate of drug-likeness (QED) is 0.731. The number of para-hydroxylation sites is 1. The Morgan fingerprint density at radius 3 is 2.65 bits per heavy atom. The van der Waals surface area contributed by atoms with Crippen molar-refractivity contribution in [2.45, 2.75) is 11.7 Å². The maximum atomic E-state index is 12.8. The molecule has 2 amide bonds. The molecule has 5 nitrogen and oxygen atoms in total. The molecule has 1 heterocycles. The molecule has 2 aromatic rings. The van der Waals surface area contributed by atoms with E-state index in [0.29, 0.717) is 24.3 Å². The molecular formula is C19H22ClN3O2S. The van der Waals surface area contributed by atoms with Gasteiger partial charge >= 0.3 is 0 Å². The normalized spacial score (nSPS) is 15.3. The van der Waals surface area contributed by atoms with Gasteiger partial charge in [0, 0.05) is 13.1 Å². The first kappa shape index (κ1) is 20.3. The van der Waals surface area contributed by atoms with Crippen molar-refractivity contribution in [3.05, 3.63) is 65.2 Å². The summed E-state index contributed by atoms with van der Waals surface area (Å²) in [6.07, 6.45) is 0.975. The molecule has 4 N–H and O–H groups in total. The number of carbonyl (C=O) groups is 2. The van der Waals surface area contributed by atoms with Crippen LogP contribution in [0.1, 0.15) is 26.7 Å². The maximum Gasteiger partial charge on any atom is 0.253 e. The Balaban J connectivity index is 0.00000243. The van der Waals surface area contributed by atoms with Crippen LogP contribution in [-0.4, -0.2) is 30.7 Å². The van der Waals surface area contributed by atoms with E-state index < -0.39 is 0 Å². The van der Waals surface area contributed by atoms with Crippen LogP contribution < -0.4 is 16.4 Å². The van der Waals surface area contributed by atoms with Crippen molar-refractivity contribution in [1.29, 1.82) is 0 Å². The van der Waals surface area contributed by atoms with Crippen LogP contribution >= 0.6 is 24.2 Å². The largest absolute Gasteiger partial charge is 0.351 e. The lowest BCUT2D eigenvalue weighted by molar-refractivity contribution is -0.115. The Morgan fingerprint density at radius 1 is 1.12 bits per heavy atom. The monoisotopic (exact) mass is 391 g/mol. The van der Waals surface area contributed by atoms with E-state index in [4.69, 9.17) is 5.73 Å². The minimum absolute atomic E-state index is 0. The third-order valence-corrected chi connectivity index (χ3v) is 5.33. The van der Waals surface area contributed by atoms with Crippen LogP contribution in [0.25, 0.3) is 0 Å². The van der Waals surface area contributed by atoms with E-state index in [-0.39, 0.29) is 29.5 Å². The summed E-state index contributed by atoms with van der Waals surface area (Å²) in [7, 11) is 0. The summed E-state index contributed by atoms with van der Waals surface area (Å²) in [5, 5.41) is 5.40. The highest BCUT2D eigenvalue weighted by Gasteiger charge is 2.27. The van der Waals surface area contributed by atoms with Gasteiger partial charge in [0.15, 0.2) is 0 Å². The molecule has 1 aliphatic rings. The first-order valence-corrected chi connectivity index (χ1v) is 9.33. The second-order valence-corrected chi connectivity index (χ2v) is 6.99. The van der Waals surface area contributed by atoms with Crippen LogP contribution in [-0.2, 0) is 11.2 Å². The molecule has 7 heteroatoms. The molecule has 1 aliphatic heterocycles. The smallest absolute Gasteiger partial charge is 0.253 e. The van der Waals surface area contributed by atoms with Gasteiger partial charge in [0.2, 0.25) is 5.91 Å². The Hall–Kier alpha value is -2.02. The van der Waals surface area contributed by atoms with Crippen LogP contribution in [0.4, 0.5) is 5.69 Å². The van der Waals surface area contributed by atoms with Crippen LogP contribution in [0.5, 0.6) is 0 Å². The number of amides is 2. The maximum absolute atomic E-state index is 12.8. The van der Waals surface area contributed by atoms with Crippen molar-refractivity contribution in [2.75, 3.05) is 24.2 Å². The third kappa shape index (κ3) is 4.58. The number of aryl methyl sites for hydroxylation is 1. The molecule has 0 aromatic heterocycles. The van der Waals surface area contributed by atoms with Crippen LogP contribution in [0.15, 0.2) is 48.5 Å². The van der Waals surface area contributed by atoms with Crippen LogP contribution in [0, 0.1) is 0 Å². The van der Waals surface area contributed by atoms with Crippen molar-refractivity contribution in [2.24, 2.45) is 5.73 Å². The molecule has 0 spiro atoms. The summed E-state index contributed by atoms with van der Waals surface area (Å²) in [5.41, 5.74) is 8.67. The molecule has 0 saturated carbocycles. The van der Waals surface area contributed by atoms with Gasteiger partial charge < -0.3 is 16.4 Å². The molecule has 0 aliphatic carbocycles. The number of nitrogens with one attached hydrogen (secondary N) is 2. The van der Waals surface area contributed by atoms with E-state index >= 15 is 0 Å². The van der Waals surface area contributed by atoms with Crippen LogP contribution in [0.2, 0.25) is 0 Å². The lowest BCUT2D eigenvalue weighted by atomic mass is 10.0. The molecule has 0 saturated heterocycles. The molecular weight excluding hydrogens is 370 g/mol. The van der Waals surface area contributed by atoms with Gasteiger partial charge in [-0.3, -0.25) is 9.59 Å². The van der Waals surface area contributed by atoms with Gasteiger partial charge in [-0.2, -0.15) is 0 Å². The summed E-state index contributed by atoms with van der Waals surface area (Å²) in [4.78, 5) is 25.1. The van der Waals surface area contributed by atoms with E-state index in [9.17, 15) is 9.59 Å². The van der Waals surface area contributed by atoms with Crippen molar-refractivity contribution < 1.29 is 9.59 Å². The lowest BCUT2D eigenvalue weighted by Gasteiger charge is -2.24. The predicted octanol–water partition coefficient (Wildman–Crippen LogP) is 2.77. The number of hydrogen-bond donors (Lipinski definition) is 3. The number of benzene rings is 2. The Labute approximate surface area is 163 Å². The van der Waals surface area contributed by atoms with E-state index in [0.717, 1.165) is 17.7 Å². The van der Waals surface area contributed by atoms with E-state index in [1.165, 1.54) is 5.56 Å². The second-order valence-electron chi connectivity index (χ2n) is 5.78. The number of halogens is 1. The second kappa shape index (κ2) is 9.62. The van der Waals surface area contributed by atoms with Crippen molar-refractivity contribution >= 4 is 41.7 Å². The van der Waals surface area contributed by atoms with E-state index in [1.807, 2.05) is 18.2 Å². The van der Waals surface area contributed by atoms with Gasteiger partial charge in [0.05, 0.1) is 11.3 Å². The Kier molecular flexibility index (Phi) is 7.50.